The second kappa shape index (κ2) is 10.1. The maximum absolute atomic E-state index is 13.6. The number of aromatic nitrogens is 2. The second-order valence-corrected chi connectivity index (χ2v) is 10.6. The molecule has 1 fully saturated rings. The zero-order valence-electron chi connectivity index (χ0n) is 20.6. The summed E-state index contributed by atoms with van der Waals surface area (Å²) < 4.78 is 30.0. The molecule has 2 heterocycles. The van der Waals surface area contributed by atoms with E-state index in [1.807, 2.05) is 19.1 Å². The summed E-state index contributed by atoms with van der Waals surface area (Å²) in [5, 5.41) is 6.64. The van der Waals surface area contributed by atoms with E-state index in [0.717, 1.165) is 5.69 Å². The number of carbonyl (C=O) groups excluding carboxylic acids is 2. The molecular weight excluding hydrogens is 480 g/mol. The van der Waals surface area contributed by atoms with Gasteiger partial charge >= 0.3 is 0 Å². The Labute approximate surface area is 210 Å². The third kappa shape index (κ3) is 4.98. The lowest BCUT2D eigenvalue weighted by Crippen LogP contribution is -2.49. The molecule has 3 N–H and O–H groups in total. The van der Waals surface area contributed by atoms with Crippen molar-refractivity contribution in [2.45, 2.75) is 32.3 Å². The van der Waals surface area contributed by atoms with E-state index in [2.05, 4.69) is 35.2 Å². The molecule has 0 spiro atoms. The molecule has 0 bridgehead atoms. The maximum Gasteiger partial charge on any atom is 0.263 e. The first-order chi connectivity index (χ1) is 17.1. The minimum absolute atomic E-state index is 0.0345. The first-order valence-electron chi connectivity index (χ1n) is 11.7. The smallest absolute Gasteiger partial charge is 0.263 e. The van der Waals surface area contributed by atoms with Gasteiger partial charge in [0.15, 0.2) is 0 Å². The van der Waals surface area contributed by atoms with Crippen LogP contribution in [0.1, 0.15) is 38.8 Å². The van der Waals surface area contributed by atoms with Gasteiger partial charge in [0.1, 0.15) is 0 Å². The molecule has 4 rings (SSSR count). The number of carbonyl (C=O) groups is 2. The molecule has 190 valence electrons. The zero-order chi connectivity index (χ0) is 26.0. The van der Waals surface area contributed by atoms with E-state index in [1.165, 1.54) is 50.6 Å². The summed E-state index contributed by atoms with van der Waals surface area (Å²) in [6, 6.07) is 12.1. The molecule has 1 saturated heterocycles. The normalized spacial score (nSPS) is 14.6. The molecule has 0 aliphatic carbocycles. The van der Waals surface area contributed by atoms with Gasteiger partial charge in [0, 0.05) is 55.9 Å². The van der Waals surface area contributed by atoms with Gasteiger partial charge in [-0.3, -0.25) is 14.3 Å². The Hall–Kier alpha value is -3.70. The van der Waals surface area contributed by atoms with Gasteiger partial charge in [0.05, 0.1) is 5.56 Å². The van der Waals surface area contributed by atoms with E-state index in [-0.39, 0.29) is 23.7 Å². The first-order valence-corrected chi connectivity index (χ1v) is 13.2. The average Bonchev–Trinajstić information content (AvgIpc) is 3.32. The number of aryl methyl sites for hydroxylation is 2. The van der Waals surface area contributed by atoms with Crippen LogP contribution in [-0.4, -0.2) is 60.5 Å². The minimum atomic E-state index is -4.01. The summed E-state index contributed by atoms with van der Waals surface area (Å²) in [6.07, 6.45) is 1.44. The molecule has 0 unspecified atom stereocenters. The summed E-state index contributed by atoms with van der Waals surface area (Å²) in [7, 11) is -4.01. The quantitative estimate of drug-likeness (QED) is 0.502. The fourth-order valence-electron chi connectivity index (χ4n) is 4.20. The van der Waals surface area contributed by atoms with Gasteiger partial charge in [-0.2, -0.15) is 9.40 Å². The number of piperazine rings is 1. The molecule has 2 aromatic carbocycles. The molecular formula is C25H30N6O4S. The third-order valence-corrected chi connectivity index (χ3v) is 8.30. The topological polar surface area (TPSA) is 131 Å². The second-order valence-electron chi connectivity index (χ2n) is 8.71. The van der Waals surface area contributed by atoms with E-state index in [4.69, 9.17) is 5.73 Å². The number of primary amides is 1. The van der Waals surface area contributed by atoms with Crippen molar-refractivity contribution in [3.63, 3.8) is 0 Å². The Balaban J connectivity index is 1.54. The highest BCUT2D eigenvalue weighted by Gasteiger charge is 2.35. The van der Waals surface area contributed by atoms with Crippen molar-refractivity contribution in [3.8, 4) is 0 Å². The van der Waals surface area contributed by atoms with Gasteiger partial charge in [-0.15, -0.1) is 0 Å². The Morgan fingerprint density at radius 3 is 2.31 bits per heavy atom. The van der Waals surface area contributed by atoms with E-state index < -0.39 is 21.8 Å². The molecule has 0 saturated carbocycles. The van der Waals surface area contributed by atoms with Crippen molar-refractivity contribution in [1.82, 2.24) is 14.1 Å². The number of hydrogen-bond donors (Lipinski definition) is 2. The van der Waals surface area contributed by atoms with Gasteiger partial charge in [0.25, 0.3) is 15.9 Å². The summed E-state index contributed by atoms with van der Waals surface area (Å²) in [6.45, 7) is 7.98. The van der Waals surface area contributed by atoms with Gasteiger partial charge in [-0.1, -0.05) is 12.1 Å². The Morgan fingerprint density at radius 1 is 1.03 bits per heavy atom. The Morgan fingerprint density at radius 2 is 1.69 bits per heavy atom. The number of anilines is 2. The van der Waals surface area contributed by atoms with E-state index >= 15 is 0 Å². The number of hydrogen-bond acceptors (Lipinski definition) is 6. The van der Waals surface area contributed by atoms with Crippen LogP contribution >= 0.6 is 0 Å². The molecule has 1 aliphatic heterocycles. The molecule has 11 heteroatoms. The molecule has 10 nitrogen and oxygen atoms in total. The predicted octanol–water partition coefficient (Wildman–Crippen LogP) is 2.38. The SMILES string of the molecule is CCn1cc(C(=O)Nc2ccc(C(N)=O)cc2)c(S(=O)(=O)N2CCN(c3cccc(C)c3C)CC2)n1. The van der Waals surface area contributed by atoms with Crippen LogP contribution in [0.25, 0.3) is 0 Å². The van der Waals surface area contributed by atoms with Crippen LogP contribution in [0.2, 0.25) is 0 Å². The van der Waals surface area contributed by atoms with Crippen LogP contribution in [0, 0.1) is 13.8 Å². The van der Waals surface area contributed by atoms with Crippen molar-refractivity contribution in [2.24, 2.45) is 5.73 Å². The van der Waals surface area contributed by atoms with Crippen LogP contribution in [0.15, 0.2) is 53.7 Å². The highest BCUT2D eigenvalue weighted by Crippen LogP contribution is 2.26. The average molecular weight is 511 g/mol. The number of benzene rings is 2. The molecule has 0 atom stereocenters. The summed E-state index contributed by atoms with van der Waals surface area (Å²) in [4.78, 5) is 26.5. The lowest BCUT2D eigenvalue weighted by atomic mass is 10.1. The fraction of sp³-hybridized carbons (Fsp3) is 0.320. The van der Waals surface area contributed by atoms with Crippen molar-refractivity contribution in [2.75, 3.05) is 36.4 Å². The number of nitrogens with zero attached hydrogens (tertiary/aromatic N) is 4. The van der Waals surface area contributed by atoms with Gasteiger partial charge in [-0.05, 0) is 62.2 Å². The number of nitrogens with two attached hydrogens (primary N) is 1. The van der Waals surface area contributed by atoms with Crippen LogP contribution in [0.4, 0.5) is 11.4 Å². The third-order valence-electron chi connectivity index (χ3n) is 6.46. The van der Waals surface area contributed by atoms with Crippen molar-refractivity contribution >= 4 is 33.2 Å². The first kappa shape index (κ1) is 25.4. The molecule has 1 aliphatic rings. The lowest BCUT2D eigenvalue weighted by molar-refractivity contribution is 0.0998. The number of nitrogens with one attached hydrogen (secondary N) is 1. The van der Waals surface area contributed by atoms with Crippen molar-refractivity contribution < 1.29 is 18.0 Å². The maximum atomic E-state index is 13.6. The number of amides is 2. The predicted molar refractivity (Wildman–Crippen MR) is 138 cm³/mol. The number of rotatable bonds is 7. The fourth-order valence-corrected chi connectivity index (χ4v) is 5.72. The highest BCUT2D eigenvalue weighted by atomic mass is 32.2. The molecule has 2 amide bonds. The Kier molecular flexibility index (Phi) is 7.14. The zero-order valence-corrected chi connectivity index (χ0v) is 21.4. The summed E-state index contributed by atoms with van der Waals surface area (Å²) >= 11 is 0. The largest absolute Gasteiger partial charge is 0.369 e. The van der Waals surface area contributed by atoms with Gasteiger partial charge in [-0.25, -0.2) is 8.42 Å². The van der Waals surface area contributed by atoms with E-state index in [0.29, 0.717) is 30.9 Å². The van der Waals surface area contributed by atoms with Crippen molar-refractivity contribution in [1.29, 1.82) is 0 Å². The Bertz CT molecular complexity index is 1390. The minimum Gasteiger partial charge on any atom is -0.369 e. The molecule has 36 heavy (non-hydrogen) atoms. The summed E-state index contributed by atoms with van der Waals surface area (Å²) in [5.74, 6) is -1.18. The highest BCUT2D eigenvalue weighted by molar-refractivity contribution is 7.89. The van der Waals surface area contributed by atoms with Gasteiger partial charge in [0.2, 0.25) is 10.9 Å². The lowest BCUT2D eigenvalue weighted by Gasteiger charge is -2.36. The van der Waals surface area contributed by atoms with Crippen LogP contribution in [-0.2, 0) is 16.6 Å². The van der Waals surface area contributed by atoms with Crippen LogP contribution in [0.3, 0.4) is 0 Å². The van der Waals surface area contributed by atoms with Crippen molar-refractivity contribution in [3.05, 3.63) is 70.9 Å². The van der Waals surface area contributed by atoms with Gasteiger partial charge < -0.3 is 16.0 Å². The molecule has 3 aromatic rings. The standard InChI is InChI=1S/C25H30N6O4S/c1-4-30-16-21(24(33)27-20-10-8-19(9-11-20)23(26)32)25(28-30)36(34,35)31-14-12-29(13-15-31)22-7-5-6-17(2)18(22)3/h5-11,16H,4,12-15H2,1-3H3,(H2,26,32)(H,27,33). The van der Waals surface area contributed by atoms with E-state index in [9.17, 15) is 18.0 Å². The molecule has 0 radical (unpaired) electrons. The monoisotopic (exact) mass is 510 g/mol. The summed E-state index contributed by atoms with van der Waals surface area (Å²) in [5.41, 5.74) is 9.39. The van der Waals surface area contributed by atoms with Crippen LogP contribution < -0.4 is 16.0 Å². The number of sulfonamides is 1. The van der Waals surface area contributed by atoms with E-state index in [1.54, 1.807) is 0 Å². The van der Waals surface area contributed by atoms with Crippen LogP contribution in [0.5, 0.6) is 0 Å². The molecule has 1 aromatic heterocycles.